The molecule has 106 valence electrons. The predicted octanol–water partition coefficient (Wildman–Crippen LogP) is 1.49. The zero-order chi connectivity index (χ0) is 13.8. The topological polar surface area (TPSA) is 58.4 Å². The Labute approximate surface area is 111 Å². The molecule has 0 atom stereocenters. The van der Waals surface area contributed by atoms with Crippen LogP contribution in [0.5, 0.6) is 0 Å². The molecule has 1 fully saturated rings. The van der Waals surface area contributed by atoms with E-state index in [2.05, 4.69) is 37.9 Å². The highest BCUT2D eigenvalue weighted by atomic mass is 16.2. The first-order valence-corrected chi connectivity index (χ1v) is 7.20. The molecule has 1 rings (SSSR count). The second kappa shape index (κ2) is 6.53. The van der Waals surface area contributed by atoms with Gasteiger partial charge in [-0.2, -0.15) is 0 Å². The largest absolute Gasteiger partial charge is 0.353 e. The van der Waals surface area contributed by atoms with E-state index in [-0.39, 0.29) is 5.91 Å². The summed E-state index contributed by atoms with van der Waals surface area (Å²) in [6.07, 6.45) is 3.82. The predicted molar refractivity (Wildman–Crippen MR) is 75.4 cm³/mol. The van der Waals surface area contributed by atoms with Crippen LogP contribution in [0.3, 0.4) is 0 Å². The van der Waals surface area contributed by atoms with E-state index in [0.29, 0.717) is 18.6 Å². The van der Waals surface area contributed by atoms with Gasteiger partial charge in [0.1, 0.15) is 0 Å². The first kappa shape index (κ1) is 15.4. The van der Waals surface area contributed by atoms with Crippen molar-refractivity contribution in [1.29, 1.82) is 0 Å². The van der Waals surface area contributed by atoms with Gasteiger partial charge in [0.2, 0.25) is 5.91 Å². The van der Waals surface area contributed by atoms with Crippen molar-refractivity contribution in [2.45, 2.75) is 71.0 Å². The van der Waals surface area contributed by atoms with Crippen molar-refractivity contribution in [2.75, 3.05) is 13.1 Å². The molecule has 0 aromatic carbocycles. The molecule has 4 nitrogen and oxygen atoms in total. The lowest BCUT2D eigenvalue weighted by molar-refractivity contribution is -0.126. The SMILES string of the molecule is CC(C)N(CCNC(=O)C1(N)CCCC1)C(C)C. The minimum atomic E-state index is -0.597. The van der Waals surface area contributed by atoms with Gasteiger partial charge in [0, 0.05) is 25.2 Å². The fourth-order valence-electron chi connectivity index (χ4n) is 2.82. The number of hydrogen-bond donors (Lipinski definition) is 2. The van der Waals surface area contributed by atoms with Gasteiger partial charge >= 0.3 is 0 Å². The van der Waals surface area contributed by atoms with Crippen LogP contribution in [0.1, 0.15) is 53.4 Å². The lowest BCUT2D eigenvalue weighted by Crippen LogP contribution is -2.53. The number of carbonyl (C=O) groups excluding carboxylic acids is 1. The Hall–Kier alpha value is -0.610. The molecule has 0 aliphatic heterocycles. The van der Waals surface area contributed by atoms with Crippen LogP contribution in [0.2, 0.25) is 0 Å². The first-order chi connectivity index (χ1) is 8.37. The van der Waals surface area contributed by atoms with Gasteiger partial charge in [-0.3, -0.25) is 9.69 Å². The highest BCUT2D eigenvalue weighted by Gasteiger charge is 2.36. The number of carbonyl (C=O) groups is 1. The van der Waals surface area contributed by atoms with Gasteiger partial charge in [-0.15, -0.1) is 0 Å². The summed E-state index contributed by atoms with van der Waals surface area (Å²) in [4.78, 5) is 14.4. The van der Waals surface area contributed by atoms with E-state index >= 15 is 0 Å². The van der Waals surface area contributed by atoms with Crippen LogP contribution in [0, 0.1) is 0 Å². The van der Waals surface area contributed by atoms with Crippen molar-refractivity contribution in [3.63, 3.8) is 0 Å². The molecule has 1 saturated carbocycles. The van der Waals surface area contributed by atoms with Crippen LogP contribution in [-0.4, -0.2) is 41.5 Å². The number of rotatable bonds is 6. The summed E-state index contributed by atoms with van der Waals surface area (Å²) in [5.74, 6) is 0.0347. The van der Waals surface area contributed by atoms with E-state index in [1.807, 2.05) is 0 Å². The number of nitrogens with two attached hydrogens (primary N) is 1. The molecule has 18 heavy (non-hydrogen) atoms. The minimum absolute atomic E-state index is 0.0347. The quantitative estimate of drug-likeness (QED) is 0.756. The Balaban J connectivity index is 2.34. The van der Waals surface area contributed by atoms with Crippen molar-refractivity contribution in [2.24, 2.45) is 5.73 Å². The number of amides is 1. The highest BCUT2D eigenvalue weighted by Crippen LogP contribution is 2.27. The molecule has 1 amide bonds. The van der Waals surface area contributed by atoms with E-state index < -0.39 is 5.54 Å². The molecule has 3 N–H and O–H groups in total. The molecular weight excluding hydrogens is 226 g/mol. The van der Waals surface area contributed by atoms with Gasteiger partial charge in [0.25, 0.3) is 0 Å². The van der Waals surface area contributed by atoms with Gasteiger partial charge in [0.05, 0.1) is 5.54 Å². The molecule has 0 spiro atoms. The van der Waals surface area contributed by atoms with E-state index in [1.54, 1.807) is 0 Å². The molecule has 0 saturated heterocycles. The molecule has 0 heterocycles. The van der Waals surface area contributed by atoms with E-state index in [4.69, 9.17) is 5.73 Å². The molecule has 0 unspecified atom stereocenters. The lowest BCUT2D eigenvalue weighted by atomic mass is 9.98. The van der Waals surface area contributed by atoms with Crippen molar-refractivity contribution in [1.82, 2.24) is 10.2 Å². The molecule has 1 aliphatic carbocycles. The van der Waals surface area contributed by atoms with Crippen LogP contribution in [-0.2, 0) is 4.79 Å². The van der Waals surface area contributed by atoms with Crippen molar-refractivity contribution in [3.05, 3.63) is 0 Å². The molecule has 1 aliphatic rings. The third kappa shape index (κ3) is 3.95. The zero-order valence-electron chi connectivity index (χ0n) is 12.3. The van der Waals surface area contributed by atoms with Gasteiger partial charge < -0.3 is 11.1 Å². The average molecular weight is 255 g/mol. The van der Waals surface area contributed by atoms with Crippen LogP contribution in [0.4, 0.5) is 0 Å². The Kier molecular flexibility index (Phi) is 5.60. The molecule has 0 bridgehead atoms. The second-order valence-electron chi connectivity index (χ2n) is 6.04. The molecular formula is C14H29N3O. The Bertz CT molecular complexity index is 262. The molecule has 0 radical (unpaired) electrons. The van der Waals surface area contributed by atoms with E-state index in [1.165, 1.54) is 0 Å². The van der Waals surface area contributed by atoms with Crippen molar-refractivity contribution >= 4 is 5.91 Å². The molecule has 0 aromatic rings. The zero-order valence-corrected chi connectivity index (χ0v) is 12.3. The van der Waals surface area contributed by atoms with Crippen LogP contribution < -0.4 is 11.1 Å². The maximum Gasteiger partial charge on any atom is 0.240 e. The Morgan fingerprint density at radius 2 is 1.72 bits per heavy atom. The van der Waals surface area contributed by atoms with Gasteiger partial charge in [-0.1, -0.05) is 12.8 Å². The lowest BCUT2D eigenvalue weighted by Gasteiger charge is -2.31. The fourth-order valence-corrected chi connectivity index (χ4v) is 2.82. The minimum Gasteiger partial charge on any atom is -0.353 e. The maximum absolute atomic E-state index is 12.0. The normalized spacial score (nSPS) is 18.9. The Morgan fingerprint density at radius 1 is 1.22 bits per heavy atom. The van der Waals surface area contributed by atoms with Gasteiger partial charge in [0.15, 0.2) is 0 Å². The van der Waals surface area contributed by atoms with E-state index in [9.17, 15) is 4.79 Å². The monoisotopic (exact) mass is 255 g/mol. The van der Waals surface area contributed by atoms with E-state index in [0.717, 1.165) is 32.2 Å². The summed E-state index contributed by atoms with van der Waals surface area (Å²) in [6.45, 7) is 10.3. The third-order valence-electron chi connectivity index (χ3n) is 3.93. The summed E-state index contributed by atoms with van der Waals surface area (Å²) in [7, 11) is 0. The maximum atomic E-state index is 12.0. The molecule has 0 aromatic heterocycles. The smallest absolute Gasteiger partial charge is 0.240 e. The van der Waals surface area contributed by atoms with Crippen molar-refractivity contribution in [3.8, 4) is 0 Å². The summed E-state index contributed by atoms with van der Waals surface area (Å²) in [5.41, 5.74) is 5.52. The standard InChI is InChI=1S/C14H29N3O/c1-11(2)17(12(3)4)10-9-16-13(18)14(15)7-5-6-8-14/h11-12H,5-10,15H2,1-4H3,(H,16,18). The Morgan fingerprint density at radius 3 is 2.17 bits per heavy atom. The summed E-state index contributed by atoms with van der Waals surface area (Å²) in [5, 5.41) is 3.00. The first-order valence-electron chi connectivity index (χ1n) is 7.20. The van der Waals surface area contributed by atoms with Gasteiger partial charge in [-0.25, -0.2) is 0 Å². The van der Waals surface area contributed by atoms with Gasteiger partial charge in [-0.05, 0) is 40.5 Å². The number of hydrogen-bond acceptors (Lipinski definition) is 3. The second-order valence-corrected chi connectivity index (χ2v) is 6.04. The molecule has 4 heteroatoms. The average Bonchev–Trinajstić information content (AvgIpc) is 2.71. The van der Waals surface area contributed by atoms with Crippen molar-refractivity contribution < 1.29 is 4.79 Å². The number of nitrogens with one attached hydrogen (secondary N) is 1. The van der Waals surface area contributed by atoms with Crippen LogP contribution in [0.25, 0.3) is 0 Å². The summed E-state index contributed by atoms with van der Waals surface area (Å²) >= 11 is 0. The fraction of sp³-hybridized carbons (Fsp3) is 0.929. The third-order valence-corrected chi connectivity index (χ3v) is 3.93. The van der Waals surface area contributed by atoms with Crippen LogP contribution >= 0.6 is 0 Å². The summed E-state index contributed by atoms with van der Waals surface area (Å²) < 4.78 is 0. The highest BCUT2D eigenvalue weighted by molar-refractivity contribution is 5.86. The number of nitrogens with zero attached hydrogens (tertiary/aromatic N) is 1. The van der Waals surface area contributed by atoms with Crippen LogP contribution in [0.15, 0.2) is 0 Å². The summed E-state index contributed by atoms with van der Waals surface area (Å²) in [6, 6.07) is 1.00.